The first-order valence-corrected chi connectivity index (χ1v) is 5.49. The van der Waals surface area contributed by atoms with Crippen molar-refractivity contribution in [3.8, 4) is 0 Å². The van der Waals surface area contributed by atoms with E-state index in [0.29, 0.717) is 11.2 Å². The van der Waals surface area contributed by atoms with Crippen molar-refractivity contribution in [2.24, 2.45) is 11.3 Å². The molecule has 0 unspecified atom stereocenters. The molecular weight excluding hydrogens is 160 g/mol. The largest absolute Gasteiger partial charge is 0.300 e. The molecule has 1 heteroatoms. The molecule has 1 saturated carbocycles. The molecule has 0 amide bonds. The van der Waals surface area contributed by atoms with Crippen LogP contribution in [0.3, 0.4) is 0 Å². The summed E-state index contributed by atoms with van der Waals surface area (Å²) in [4.78, 5) is 10.8. The highest BCUT2D eigenvalue weighted by Gasteiger charge is 2.26. The van der Waals surface area contributed by atoms with E-state index in [-0.39, 0.29) is 0 Å². The highest BCUT2D eigenvalue weighted by molar-refractivity contribution is 5.75. The van der Waals surface area contributed by atoms with E-state index in [2.05, 4.69) is 13.8 Å². The van der Waals surface area contributed by atoms with Crippen LogP contribution in [0, 0.1) is 11.3 Å². The number of ketones is 1. The third-order valence-electron chi connectivity index (χ3n) is 3.36. The first kappa shape index (κ1) is 10.7. The lowest BCUT2D eigenvalue weighted by Gasteiger charge is -2.34. The van der Waals surface area contributed by atoms with E-state index in [9.17, 15) is 4.79 Å². The predicted octanol–water partition coefficient (Wildman–Crippen LogP) is 3.57. The summed E-state index contributed by atoms with van der Waals surface area (Å²) in [6.07, 6.45) is 7.28. The summed E-state index contributed by atoms with van der Waals surface area (Å²) in [5.41, 5.74) is 0.562. The highest BCUT2D eigenvalue weighted by atomic mass is 16.1. The van der Waals surface area contributed by atoms with Crippen molar-refractivity contribution in [1.82, 2.24) is 0 Å². The second-order valence-corrected chi connectivity index (χ2v) is 5.35. The van der Waals surface area contributed by atoms with Gasteiger partial charge in [-0.2, -0.15) is 0 Å². The Morgan fingerprint density at radius 1 is 1.31 bits per heavy atom. The normalized spacial score (nSPS) is 23.0. The molecule has 0 atom stereocenters. The number of Topliss-reactive ketones (excluding diaryl/α,β-unsaturated/α-hetero) is 1. The number of carbonyl (C=O) groups is 1. The van der Waals surface area contributed by atoms with E-state index in [1.807, 2.05) is 0 Å². The van der Waals surface area contributed by atoms with E-state index < -0.39 is 0 Å². The van der Waals surface area contributed by atoms with Gasteiger partial charge in [0.1, 0.15) is 5.78 Å². The Kier molecular flexibility index (Phi) is 3.52. The van der Waals surface area contributed by atoms with Crippen LogP contribution in [0.1, 0.15) is 59.3 Å². The lowest BCUT2D eigenvalue weighted by Crippen LogP contribution is -2.21. The summed E-state index contributed by atoms with van der Waals surface area (Å²) < 4.78 is 0. The number of rotatable bonds is 3. The zero-order valence-electron chi connectivity index (χ0n) is 9.23. The first-order chi connectivity index (χ1) is 5.99. The molecule has 76 valence electrons. The zero-order chi connectivity index (χ0) is 9.90. The third-order valence-corrected chi connectivity index (χ3v) is 3.36. The molecule has 0 saturated heterocycles. The molecule has 0 bridgehead atoms. The van der Waals surface area contributed by atoms with Gasteiger partial charge < -0.3 is 4.79 Å². The molecule has 0 spiro atoms. The van der Waals surface area contributed by atoms with Crippen molar-refractivity contribution in [3.05, 3.63) is 0 Å². The van der Waals surface area contributed by atoms with Crippen LogP contribution in [0.4, 0.5) is 0 Å². The van der Waals surface area contributed by atoms with Gasteiger partial charge in [-0.3, -0.25) is 0 Å². The lowest BCUT2D eigenvalue weighted by atomic mass is 9.72. The van der Waals surface area contributed by atoms with E-state index >= 15 is 0 Å². The maximum atomic E-state index is 10.8. The fourth-order valence-electron chi connectivity index (χ4n) is 2.16. The van der Waals surface area contributed by atoms with Crippen molar-refractivity contribution in [3.63, 3.8) is 0 Å². The van der Waals surface area contributed by atoms with Gasteiger partial charge in [0.05, 0.1) is 0 Å². The Balaban J connectivity index is 2.21. The van der Waals surface area contributed by atoms with Gasteiger partial charge in [-0.15, -0.1) is 0 Å². The fourth-order valence-corrected chi connectivity index (χ4v) is 2.16. The quantitative estimate of drug-likeness (QED) is 0.652. The topological polar surface area (TPSA) is 17.1 Å². The van der Waals surface area contributed by atoms with E-state index in [1.165, 1.54) is 25.7 Å². The Labute approximate surface area is 81.9 Å². The summed E-state index contributed by atoms with van der Waals surface area (Å²) in [5, 5.41) is 0. The van der Waals surface area contributed by atoms with Gasteiger partial charge in [-0.05, 0) is 50.4 Å². The summed E-state index contributed by atoms with van der Waals surface area (Å²) in [6.45, 7) is 6.41. The number of hydrogen-bond donors (Lipinski definition) is 0. The van der Waals surface area contributed by atoms with Crippen LogP contribution in [0.15, 0.2) is 0 Å². The van der Waals surface area contributed by atoms with Gasteiger partial charge in [-0.25, -0.2) is 0 Å². The van der Waals surface area contributed by atoms with Crippen molar-refractivity contribution < 1.29 is 4.79 Å². The monoisotopic (exact) mass is 182 g/mol. The van der Waals surface area contributed by atoms with Gasteiger partial charge in [0.2, 0.25) is 0 Å². The molecule has 1 fully saturated rings. The minimum Gasteiger partial charge on any atom is -0.300 e. The molecule has 0 aromatic rings. The molecule has 1 nitrogen and oxygen atoms in total. The Morgan fingerprint density at radius 2 is 1.85 bits per heavy atom. The summed E-state index contributed by atoms with van der Waals surface area (Å²) >= 11 is 0. The fraction of sp³-hybridized carbons (Fsp3) is 0.917. The average molecular weight is 182 g/mol. The van der Waals surface area contributed by atoms with E-state index in [0.717, 1.165) is 18.8 Å². The summed E-state index contributed by atoms with van der Waals surface area (Å²) in [6, 6.07) is 0. The van der Waals surface area contributed by atoms with Gasteiger partial charge in [-0.1, -0.05) is 13.8 Å². The molecule has 13 heavy (non-hydrogen) atoms. The van der Waals surface area contributed by atoms with E-state index in [4.69, 9.17) is 0 Å². The smallest absolute Gasteiger partial charge is 0.129 e. The van der Waals surface area contributed by atoms with Gasteiger partial charge >= 0.3 is 0 Å². The van der Waals surface area contributed by atoms with Crippen LogP contribution in [0.5, 0.6) is 0 Å². The molecular formula is C12H22O. The van der Waals surface area contributed by atoms with Gasteiger partial charge in [0.15, 0.2) is 0 Å². The molecule has 1 aliphatic rings. The second-order valence-electron chi connectivity index (χ2n) is 5.35. The van der Waals surface area contributed by atoms with Crippen LogP contribution < -0.4 is 0 Å². The van der Waals surface area contributed by atoms with Crippen molar-refractivity contribution in [2.75, 3.05) is 0 Å². The number of hydrogen-bond acceptors (Lipinski definition) is 1. The maximum Gasteiger partial charge on any atom is 0.129 e. The van der Waals surface area contributed by atoms with Crippen LogP contribution >= 0.6 is 0 Å². The minimum atomic E-state index is 0.352. The minimum absolute atomic E-state index is 0.352. The molecule has 1 rings (SSSR count). The Morgan fingerprint density at radius 3 is 2.31 bits per heavy atom. The van der Waals surface area contributed by atoms with Gasteiger partial charge in [0, 0.05) is 6.42 Å². The van der Waals surface area contributed by atoms with Crippen LogP contribution in [0.25, 0.3) is 0 Å². The van der Waals surface area contributed by atoms with E-state index in [1.54, 1.807) is 6.92 Å². The molecule has 0 radical (unpaired) electrons. The standard InChI is InChI=1S/C12H22O/c1-10(13)4-5-11-6-8-12(2,3)9-7-11/h11H,4-9H2,1-3H3. The maximum absolute atomic E-state index is 10.8. The summed E-state index contributed by atoms with van der Waals surface area (Å²) in [5.74, 6) is 1.18. The Bertz CT molecular complexity index is 172. The van der Waals surface area contributed by atoms with Crippen molar-refractivity contribution in [1.29, 1.82) is 0 Å². The predicted molar refractivity (Wildman–Crippen MR) is 55.7 cm³/mol. The second kappa shape index (κ2) is 4.26. The number of carbonyl (C=O) groups excluding carboxylic acids is 1. The summed E-state index contributed by atoms with van der Waals surface area (Å²) in [7, 11) is 0. The van der Waals surface area contributed by atoms with Gasteiger partial charge in [0.25, 0.3) is 0 Å². The van der Waals surface area contributed by atoms with Crippen molar-refractivity contribution in [2.45, 2.75) is 59.3 Å². The molecule has 0 aromatic heterocycles. The van der Waals surface area contributed by atoms with Crippen LogP contribution in [-0.4, -0.2) is 5.78 Å². The molecule has 0 heterocycles. The molecule has 1 aliphatic carbocycles. The Hall–Kier alpha value is -0.330. The highest BCUT2D eigenvalue weighted by Crippen LogP contribution is 2.39. The first-order valence-electron chi connectivity index (χ1n) is 5.49. The molecule has 0 aliphatic heterocycles. The zero-order valence-corrected chi connectivity index (χ0v) is 9.23. The lowest BCUT2D eigenvalue weighted by molar-refractivity contribution is -0.117. The van der Waals surface area contributed by atoms with Crippen molar-refractivity contribution >= 4 is 5.78 Å². The molecule has 0 aromatic carbocycles. The SMILES string of the molecule is CC(=O)CCC1CCC(C)(C)CC1. The molecule has 0 N–H and O–H groups in total. The third kappa shape index (κ3) is 3.93. The average Bonchev–Trinajstić information content (AvgIpc) is 2.02. The van der Waals surface area contributed by atoms with Crippen LogP contribution in [0.2, 0.25) is 0 Å². The van der Waals surface area contributed by atoms with Crippen LogP contribution in [-0.2, 0) is 4.79 Å².